The highest BCUT2D eigenvalue weighted by Gasteiger charge is 2.23. The number of ether oxygens (including phenoxy) is 1. The first kappa shape index (κ1) is 12.0. The highest BCUT2D eigenvalue weighted by Crippen LogP contribution is 2.38. The largest absolute Gasteiger partial charge is 0.496 e. The van der Waals surface area contributed by atoms with Crippen molar-refractivity contribution in [2.75, 3.05) is 20.2 Å². The summed E-state index contributed by atoms with van der Waals surface area (Å²) in [6, 6.07) is 4.67. The summed E-state index contributed by atoms with van der Waals surface area (Å²) in [6.45, 7) is 2.28. The molecule has 0 spiro atoms. The number of piperidine rings is 1. The van der Waals surface area contributed by atoms with Gasteiger partial charge in [-0.15, -0.1) is 0 Å². The van der Waals surface area contributed by atoms with Crippen molar-refractivity contribution in [3.8, 4) is 5.75 Å². The second-order valence-electron chi connectivity index (χ2n) is 5.58. The Hall–Kier alpha value is -1.02. The van der Waals surface area contributed by atoms with Gasteiger partial charge in [-0.2, -0.15) is 0 Å². The number of nitrogens with one attached hydrogen (secondary N) is 1. The van der Waals surface area contributed by atoms with Crippen LogP contribution in [0.15, 0.2) is 12.1 Å². The fourth-order valence-corrected chi connectivity index (χ4v) is 3.49. The SMILES string of the molecule is COc1c(C2CCCNC2)ccc2c1CCCC2. The van der Waals surface area contributed by atoms with E-state index < -0.39 is 0 Å². The van der Waals surface area contributed by atoms with E-state index in [1.807, 2.05) is 7.11 Å². The average Bonchev–Trinajstić information content (AvgIpc) is 2.47. The molecule has 18 heavy (non-hydrogen) atoms. The number of aryl methyl sites for hydroxylation is 1. The Kier molecular flexibility index (Phi) is 3.55. The van der Waals surface area contributed by atoms with Crippen LogP contribution >= 0.6 is 0 Å². The minimum absolute atomic E-state index is 0.640. The molecule has 0 amide bonds. The maximum atomic E-state index is 5.77. The van der Waals surface area contributed by atoms with Gasteiger partial charge in [-0.05, 0) is 61.8 Å². The molecule has 2 nitrogen and oxygen atoms in total. The van der Waals surface area contributed by atoms with Crippen LogP contribution in [0.2, 0.25) is 0 Å². The Bertz CT molecular complexity index is 421. The number of benzene rings is 1. The lowest BCUT2D eigenvalue weighted by Gasteiger charge is -2.28. The molecular formula is C16H23NO. The van der Waals surface area contributed by atoms with E-state index in [9.17, 15) is 0 Å². The van der Waals surface area contributed by atoms with Crippen molar-refractivity contribution in [2.24, 2.45) is 0 Å². The summed E-state index contributed by atoms with van der Waals surface area (Å²) in [6.07, 6.45) is 7.66. The first-order valence-corrected chi connectivity index (χ1v) is 7.29. The van der Waals surface area contributed by atoms with Gasteiger partial charge in [0.05, 0.1) is 7.11 Å². The summed E-state index contributed by atoms with van der Waals surface area (Å²) >= 11 is 0. The molecule has 1 heterocycles. The number of hydrogen-bond donors (Lipinski definition) is 1. The Morgan fingerprint density at radius 2 is 2.06 bits per heavy atom. The van der Waals surface area contributed by atoms with Gasteiger partial charge in [0, 0.05) is 12.5 Å². The smallest absolute Gasteiger partial charge is 0.125 e. The maximum absolute atomic E-state index is 5.77. The topological polar surface area (TPSA) is 21.3 Å². The molecule has 2 heteroatoms. The van der Waals surface area contributed by atoms with Crippen LogP contribution in [0.5, 0.6) is 5.75 Å². The van der Waals surface area contributed by atoms with E-state index in [1.54, 1.807) is 0 Å². The number of fused-ring (bicyclic) bond motifs is 1. The van der Waals surface area contributed by atoms with E-state index >= 15 is 0 Å². The van der Waals surface area contributed by atoms with Gasteiger partial charge < -0.3 is 10.1 Å². The second-order valence-corrected chi connectivity index (χ2v) is 5.58. The minimum atomic E-state index is 0.640. The molecule has 0 radical (unpaired) electrons. The molecule has 1 aliphatic carbocycles. The van der Waals surface area contributed by atoms with Crippen molar-refractivity contribution in [3.05, 3.63) is 28.8 Å². The number of methoxy groups -OCH3 is 1. The van der Waals surface area contributed by atoms with Crippen molar-refractivity contribution >= 4 is 0 Å². The maximum Gasteiger partial charge on any atom is 0.125 e. The highest BCUT2D eigenvalue weighted by molar-refractivity contribution is 5.49. The van der Waals surface area contributed by atoms with Crippen LogP contribution in [-0.2, 0) is 12.8 Å². The quantitative estimate of drug-likeness (QED) is 0.864. The van der Waals surface area contributed by atoms with Gasteiger partial charge in [-0.25, -0.2) is 0 Å². The molecule has 1 saturated heterocycles. The van der Waals surface area contributed by atoms with Gasteiger partial charge in [-0.1, -0.05) is 12.1 Å². The summed E-state index contributed by atoms with van der Waals surface area (Å²) in [5, 5.41) is 3.51. The Labute approximate surface area is 110 Å². The first-order valence-electron chi connectivity index (χ1n) is 7.29. The van der Waals surface area contributed by atoms with E-state index in [4.69, 9.17) is 4.74 Å². The van der Waals surface area contributed by atoms with E-state index in [2.05, 4.69) is 17.4 Å². The zero-order valence-corrected chi connectivity index (χ0v) is 11.3. The summed E-state index contributed by atoms with van der Waals surface area (Å²) in [7, 11) is 1.84. The Balaban J connectivity index is 1.98. The van der Waals surface area contributed by atoms with Crippen molar-refractivity contribution in [1.29, 1.82) is 0 Å². The van der Waals surface area contributed by atoms with Gasteiger partial charge in [0.1, 0.15) is 5.75 Å². The number of rotatable bonds is 2. The fourth-order valence-electron chi connectivity index (χ4n) is 3.49. The molecule has 1 N–H and O–H groups in total. The summed E-state index contributed by atoms with van der Waals surface area (Å²) in [4.78, 5) is 0. The standard InChI is InChI=1S/C16H23NO/c1-18-16-14-7-3-2-5-12(14)8-9-15(16)13-6-4-10-17-11-13/h8-9,13,17H,2-7,10-11H2,1H3. The second kappa shape index (κ2) is 5.31. The first-order chi connectivity index (χ1) is 8.90. The average molecular weight is 245 g/mol. The molecular weight excluding hydrogens is 222 g/mol. The molecule has 2 aliphatic rings. The molecule has 1 atom stereocenters. The van der Waals surface area contributed by atoms with Gasteiger partial charge >= 0.3 is 0 Å². The lowest BCUT2D eigenvalue weighted by atomic mass is 9.84. The van der Waals surface area contributed by atoms with Crippen LogP contribution in [0.1, 0.15) is 48.3 Å². The lowest BCUT2D eigenvalue weighted by Crippen LogP contribution is -2.28. The van der Waals surface area contributed by atoms with E-state index in [0.29, 0.717) is 5.92 Å². The monoisotopic (exact) mass is 245 g/mol. The molecule has 0 saturated carbocycles. The predicted molar refractivity (Wildman–Crippen MR) is 74.5 cm³/mol. The van der Waals surface area contributed by atoms with E-state index in [-0.39, 0.29) is 0 Å². The molecule has 98 valence electrons. The normalized spacial score (nSPS) is 23.5. The molecule has 1 aliphatic heterocycles. The van der Waals surface area contributed by atoms with Crippen LogP contribution in [-0.4, -0.2) is 20.2 Å². The Morgan fingerprint density at radius 1 is 1.17 bits per heavy atom. The zero-order chi connectivity index (χ0) is 12.4. The van der Waals surface area contributed by atoms with Crippen molar-refractivity contribution < 1.29 is 4.74 Å². The molecule has 1 aromatic rings. The van der Waals surface area contributed by atoms with Crippen molar-refractivity contribution in [2.45, 2.75) is 44.4 Å². The molecule has 3 rings (SSSR count). The van der Waals surface area contributed by atoms with Gasteiger partial charge in [0.15, 0.2) is 0 Å². The van der Waals surface area contributed by atoms with Crippen molar-refractivity contribution in [1.82, 2.24) is 5.32 Å². The molecule has 1 unspecified atom stereocenters. The third-order valence-corrected chi connectivity index (χ3v) is 4.45. The summed E-state index contributed by atoms with van der Waals surface area (Å²) in [5.74, 6) is 1.84. The summed E-state index contributed by atoms with van der Waals surface area (Å²) < 4.78 is 5.77. The van der Waals surface area contributed by atoms with Gasteiger partial charge in [0.25, 0.3) is 0 Å². The fraction of sp³-hybridized carbons (Fsp3) is 0.625. The lowest BCUT2D eigenvalue weighted by molar-refractivity contribution is 0.385. The molecule has 1 aromatic carbocycles. The highest BCUT2D eigenvalue weighted by atomic mass is 16.5. The minimum Gasteiger partial charge on any atom is -0.496 e. The van der Waals surface area contributed by atoms with Crippen LogP contribution in [0.25, 0.3) is 0 Å². The van der Waals surface area contributed by atoms with Crippen LogP contribution in [0.4, 0.5) is 0 Å². The van der Waals surface area contributed by atoms with Crippen LogP contribution in [0, 0.1) is 0 Å². The van der Waals surface area contributed by atoms with Gasteiger partial charge in [-0.3, -0.25) is 0 Å². The Morgan fingerprint density at radius 3 is 2.83 bits per heavy atom. The molecule has 0 aromatic heterocycles. The zero-order valence-electron chi connectivity index (χ0n) is 11.3. The van der Waals surface area contributed by atoms with Gasteiger partial charge in [0.2, 0.25) is 0 Å². The van der Waals surface area contributed by atoms with E-state index in [1.165, 1.54) is 67.5 Å². The van der Waals surface area contributed by atoms with Crippen LogP contribution < -0.4 is 10.1 Å². The predicted octanol–water partition coefficient (Wildman–Crippen LogP) is 3.04. The molecule has 1 fully saturated rings. The van der Waals surface area contributed by atoms with Crippen LogP contribution in [0.3, 0.4) is 0 Å². The number of hydrogen-bond acceptors (Lipinski definition) is 2. The van der Waals surface area contributed by atoms with Crippen molar-refractivity contribution in [3.63, 3.8) is 0 Å². The van der Waals surface area contributed by atoms with E-state index in [0.717, 1.165) is 6.54 Å². The third kappa shape index (κ3) is 2.14. The third-order valence-electron chi connectivity index (χ3n) is 4.45. The summed E-state index contributed by atoms with van der Waals surface area (Å²) in [5.41, 5.74) is 4.45. The molecule has 0 bridgehead atoms.